The second-order valence-corrected chi connectivity index (χ2v) is 5.47. The minimum Gasteiger partial charge on any atom is -0.389 e. The number of hydrogen-bond acceptors (Lipinski definition) is 3. The van der Waals surface area contributed by atoms with Crippen LogP contribution in [0.15, 0.2) is 24.3 Å². The molecule has 17 heavy (non-hydrogen) atoms. The Labute approximate surface area is 106 Å². The van der Waals surface area contributed by atoms with Crippen LogP contribution in [-0.4, -0.2) is 40.9 Å². The van der Waals surface area contributed by atoms with Crippen LogP contribution in [0, 0.1) is 0 Å². The lowest BCUT2D eigenvalue weighted by molar-refractivity contribution is 0.00589. The normalized spacial score (nSPS) is 15.8. The van der Waals surface area contributed by atoms with Crippen LogP contribution < -0.4 is 0 Å². The van der Waals surface area contributed by atoms with Gasteiger partial charge in [-0.2, -0.15) is 11.8 Å². The highest BCUT2D eigenvalue weighted by molar-refractivity contribution is 7.98. The van der Waals surface area contributed by atoms with Crippen molar-refractivity contribution < 1.29 is 9.90 Å². The fourth-order valence-corrected chi connectivity index (χ4v) is 2.40. The molecule has 1 fully saturated rings. The number of benzene rings is 1. The molecule has 1 aliphatic heterocycles. The first-order valence-corrected chi connectivity index (χ1v) is 7.00. The summed E-state index contributed by atoms with van der Waals surface area (Å²) in [6.07, 6.45) is -0.334. The molecule has 0 unspecified atom stereocenters. The summed E-state index contributed by atoms with van der Waals surface area (Å²) in [5, 5.41) is 9.16. The second-order valence-electron chi connectivity index (χ2n) is 4.20. The van der Waals surface area contributed by atoms with Crippen LogP contribution in [0.3, 0.4) is 0 Å². The molecule has 0 atom stereocenters. The third-order valence-electron chi connectivity index (χ3n) is 2.82. The third-order valence-corrected chi connectivity index (χ3v) is 3.77. The van der Waals surface area contributed by atoms with Crippen LogP contribution in [0.25, 0.3) is 0 Å². The van der Waals surface area contributed by atoms with Gasteiger partial charge in [0.05, 0.1) is 6.10 Å². The molecule has 92 valence electrons. The Kier molecular flexibility index (Phi) is 4.07. The number of rotatable bonds is 4. The number of β-amino-alcohol motifs (C(OH)–C–C–N with tert-alkyl or cyclic N) is 1. The van der Waals surface area contributed by atoms with Crippen molar-refractivity contribution in [1.29, 1.82) is 0 Å². The SMILES string of the molecule is CCSCc1ccc(C(=O)N2CC(O)C2)cc1. The molecule has 0 spiro atoms. The molecule has 1 aromatic rings. The summed E-state index contributed by atoms with van der Waals surface area (Å²) in [7, 11) is 0. The lowest BCUT2D eigenvalue weighted by Crippen LogP contribution is -2.53. The molecule has 1 aliphatic rings. The van der Waals surface area contributed by atoms with Gasteiger partial charge in [0, 0.05) is 24.4 Å². The van der Waals surface area contributed by atoms with Gasteiger partial charge in [0.15, 0.2) is 0 Å². The van der Waals surface area contributed by atoms with Crippen LogP contribution in [0.2, 0.25) is 0 Å². The van der Waals surface area contributed by atoms with E-state index in [0.717, 1.165) is 11.5 Å². The Hall–Kier alpha value is -1.00. The number of thioether (sulfide) groups is 1. The van der Waals surface area contributed by atoms with Crippen molar-refractivity contribution in [3.05, 3.63) is 35.4 Å². The summed E-state index contributed by atoms with van der Waals surface area (Å²) in [4.78, 5) is 13.6. The zero-order chi connectivity index (χ0) is 12.3. The summed E-state index contributed by atoms with van der Waals surface area (Å²) in [6, 6.07) is 7.76. The van der Waals surface area contributed by atoms with E-state index >= 15 is 0 Å². The van der Waals surface area contributed by atoms with Gasteiger partial charge in [-0.05, 0) is 23.4 Å². The number of amides is 1. The molecule has 1 amide bonds. The van der Waals surface area contributed by atoms with Gasteiger partial charge < -0.3 is 10.0 Å². The van der Waals surface area contributed by atoms with E-state index in [4.69, 9.17) is 5.11 Å². The maximum Gasteiger partial charge on any atom is 0.254 e. The first-order chi connectivity index (χ1) is 8.20. The van der Waals surface area contributed by atoms with Crippen molar-refractivity contribution in [1.82, 2.24) is 4.90 Å². The van der Waals surface area contributed by atoms with Crippen LogP contribution >= 0.6 is 11.8 Å². The van der Waals surface area contributed by atoms with Crippen molar-refractivity contribution in [3.8, 4) is 0 Å². The highest BCUT2D eigenvalue weighted by Gasteiger charge is 2.29. The zero-order valence-electron chi connectivity index (χ0n) is 9.93. The van der Waals surface area contributed by atoms with E-state index in [1.54, 1.807) is 4.90 Å². The van der Waals surface area contributed by atoms with Crippen molar-refractivity contribution in [3.63, 3.8) is 0 Å². The standard InChI is InChI=1S/C13H17NO2S/c1-2-17-9-10-3-5-11(6-4-10)13(16)14-7-12(15)8-14/h3-6,12,15H,2,7-9H2,1H3. The molecule has 0 aromatic heterocycles. The van der Waals surface area contributed by atoms with Gasteiger partial charge in [-0.15, -0.1) is 0 Å². The highest BCUT2D eigenvalue weighted by Crippen LogP contribution is 2.16. The van der Waals surface area contributed by atoms with Crippen LogP contribution in [-0.2, 0) is 5.75 Å². The Bertz CT molecular complexity index is 385. The van der Waals surface area contributed by atoms with E-state index < -0.39 is 0 Å². The van der Waals surface area contributed by atoms with Gasteiger partial charge in [-0.3, -0.25) is 4.79 Å². The molecule has 1 heterocycles. The average molecular weight is 251 g/mol. The van der Waals surface area contributed by atoms with Crippen LogP contribution in [0.4, 0.5) is 0 Å². The number of carbonyl (C=O) groups excluding carboxylic acids is 1. The second kappa shape index (κ2) is 5.56. The zero-order valence-corrected chi connectivity index (χ0v) is 10.7. The summed E-state index contributed by atoms with van der Waals surface area (Å²) in [5.74, 6) is 2.12. The molecular formula is C13H17NO2S. The third kappa shape index (κ3) is 3.01. The molecule has 0 radical (unpaired) electrons. The quantitative estimate of drug-likeness (QED) is 0.886. The number of hydrogen-bond donors (Lipinski definition) is 1. The van der Waals surface area contributed by atoms with Gasteiger partial charge in [0.2, 0.25) is 0 Å². The Morgan fingerprint density at radius 3 is 2.59 bits per heavy atom. The molecule has 0 bridgehead atoms. The number of carbonyl (C=O) groups is 1. The van der Waals surface area contributed by atoms with Gasteiger partial charge in [-0.1, -0.05) is 19.1 Å². The molecule has 0 aliphatic carbocycles. The highest BCUT2D eigenvalue weighted by atomic mass is 32.2. The minimum absolute atomic E-state index is 0.0185. The fraction of sp³-hybridized carbons (Fsp3) is 0.462. The van der Waals surface area contributed by atoms with Crippen molar-refractivity contribution in [2.75, 3.05) is 18.8 Å². The molecule has 1 aromatic carbocycles. The number of aliphatic hydroxyl groups is 1. The lowest BCUT2D eigenvalue weighted by atomic mass is 10.1. The van der Waals surface area contributed by atoms with E-state index in [0.29, 0.717) is 18.7 Å². The Morgan fingerprint density at radius 2 is 2.06 bits per heavy atom. The number of likely N-dealkylation sites (tertiary alicyclic amines) is 1. The van der Waals surface area contributed by atoms with E-state index in [1.807, 2.05) is 36.0 Å². The number of nitrogens with zero attached hydrogens (tertiary/aromatic N) is 1. The average Bonchev–Trinajstić information content (AvgIpc) is 2.32. The van der Waals surface area contributed by atoms with Crippen LogP contribution in [0.5, 0.6) is 0 Å². The maximum absolute atomic E-state index is 11.9. The topological polar surface area (TPSA) is 40.5 Å². The molecule has 4 heteroatoms. The smallest absolute Gasteiger partial charge is 0.254 e. The predicted molar refractivity (Wildman–Crippen MR) is 70.2 cm³/mol. The van der Waals surface area contributed by atoms with E-state index in [2.05, 4.69) is 6.92 Å². The Balaban J connectivity index is 1.95. The van der Waals surface area contributed by atoms with Gasteiger partial charge in [0.25, 0.3) is 5.91 Å². The molecule has 2 rings (SSSR count). The van der Waals surface area contributed by atoms with Crippen LogP contribution in [0.1, 0.15) is 22.8 Å². The van der Waals surface area contributed by atoms with Gasteiger partial charge in [0.1, 0.15) is 0 Å². The molecule has 1 N–H and O–H groups in total. The lowest BCUT2D eigenvalue weighted by Gasteiger charge is -2.35. The molecule has 3 nitrogen and oxygen atoms in total. The predicted octanol–water partition coefficient (Wildman–Crippen LogP) is 1.76. The summed E-state index contributed by atoms with van der Waals surface area (Å²) < 4.78 is 0. The Morgan fingerprint density at radius 1 is 1.41 bits per heavy atom. The summed E-state index contributed by atoms with van der Waals surface area (Å²) >= 11 is 1.87. The van der Waals surface area contributed by atoms with E-state index in [9.17, 15) is 4.79 Å². The molecule has 1 saturated heterocycles. The van der Waals surface area contributed by atoms with Crippen molar-refractivity contribution in [2.45, 2.75) is 18.8 Å². The van der Waals surface area contributed by atoms with Gasteiger partial charge >= 0.3 is 0 Å². The summed E-state index contributed by atoms with van der Waals surface area (Å²) in [5.41, 5.74) is 1.96. The number of aliphatic hydroxyl groups excluding tert-OH is 1. The van der Waals surface area contributed by atoms with Gasteiger partial charge in [-0.25, -0.2) is 0 Å². The summed E-state index contributed by atoms with van der Waals surface area (Å²) in [6.45, 7) is 3.07. The first-order valence-electron chi connectivity index (χ1n) is 5.84. The van der Waals surface area contributed by atoms with Crippen molar-refractivity contribution >= 4 is 17.7 Å². The maximum atomic E-state index is 11.9. The monoisotopic (exact) mass is 251 g/mol. The minimum atomic E-state index is -0.334. The first kappa shape index (κ1) is 12.5. The fourth-order valence-electron chi connectivity index (χ4n) is 1.77. The largest absolute Gasteiger partial charge is 0.389 e. The van der Waals surface area contributed by atoms with E-state index in [1.165, 1.54) is 5.56 Å². The van der Waals surface area contributed by atoms with E-state index in [-0.39, 0.29) is 12.0 Å². The molecular weight excluding hydrogens is 234 g/mol. The van der Waals surface area contributed by atoms with Crippen molar-refractivity contribution in [2.24, 2.45) is 0 Å². The molecule has 0 saturated carbocycles.